The van der Waals surface area contributed by atoms with Gasteiger partial charge in [0.15, 0.2) is 0 Å². The lowest BCUT2D eigenvalue weighted by Crippen LogP contribution is -2.49. The van der Waals surface area contributed by atoms with Gasteiger partial charge in [0, 0.05) is 53.4 Å². The number of rotatable bonds is 4. The second kappa shape index (κ2) is 9.91. The van der Waals surface area contributed by atoms with E-state index in [1.165, 1.54) is 25.1 Å². The van der Waals surface area contributed by atoms with Crippen LogP contribution in [0.25, 0.3) is 6.08 Å². The molecule has 1 aliphatic heterocycles. The van der Waals surface area contributed by atoms with Crippen molar-refractivity contribution < 1.29 is 22.8 Å². The maximum atomic E-state index is 13.7. The Hall–Kier alpha value is -2.26. The van der Waals surface area contributed by atoms with Gasteiger partial charge in [-0.2, -0.15) is 13.2 Å². The first-order valence-electron chi connectivity index (χ1n) is 9.51. The molecule has 0 bridgehead atoms. The van der Waals surface area contributed by atoms with Gasteiger partial charge in [0.25, 0.3) is 0 Å². The van der Waals surface area contributed by atoms with Gasteiger partial charge in [-0.15, -0.1) is 0 Å². The van der Waals surface area contributed by atoms with Crippen molar-refractivity contribution in [2.45, 2.75) is 22.9 Å². The maximum Gasteiger partial charge on any atom is 0.417 e. The van der Waals surface area contributed by atoms with Gasteiger partial charge in [-0.05, 0) is 51.8 Å². The Morgan fingerprint density at radius 1 is 1.00 bits per heavy atom. The Morgan fingerprint density at radius 3 is 2.26 bits per heavy atom. The first kappa shape index (κ1) is 23.4. The van der Waals surface area contributed by atoms with Crippen molar-refractivity contribution in [1.29, 1.82) is 0 Å². The summed E-state index contributed by atoms with van der Waals surface area (Å²) in [5.41, 5.74) is -0.461. The predicted octanol–water partition coefficient (Wildman–Crippen LogP) is 5.32. The standard InChI is InChI=1S/C22H20BrF3N2O2S/c1-15(29)27-10-12-28(13-11-27)21(30)9-7-16-6-8-19(17(14-16)22(24,25)26)31-20-5-3-2-4-18(20)23/h2-9,14H,10-13H2,1H3. The minimum Gasteiger partial charge on any atom is -0.339 e. The minimum atomic E-state index is -4.53. The smallest absolute Gasteiger partial charge is 0.339 e. The maximum absolute atomic E-state index is 13.7. The molecule has 0 spiro atoms. The van der Waals surface area contributed by atoms with E-state index in [0.29, 0.717) is 41.1 Å². The molecule has 3 rings (SSSR count). The summed E-state index contributed by atoms with van der Waals surface area (Å²) in [5.74, 6) is -0.328. The molecule has 0 aromatic heterocycles. The van der Waals surface area contributed by atoms with Gasteiger partial charge in [-0.1, -0.05) is 30.0 Å². The second-order valence-electron chi connectivity index (χ2n) is 6.95. The van der Waals surface area contributed by atoms with Crippen LogP contribution < -0.4 is 0 Å². The molecule has 2 amide bonds. The molecule has 1 aliphatic rings. The van der Waals surface area contributed by atoms with E-state index in [2.05, 4.69) is 15.9 Å². The molecule has 1 heterocycles. The van der Waals surface area contributed by atoms with E-state index in [-0.39, 0.29) is 16.7 Å². The number of piperazine rings is 1. The van der Waals surface area contributed by atoms with E-state index >= 15 is 0 Å². The zero-order valence-corrected chi connectivity index (χ0v) is 19.1. The lowest BCUT2D eigenvalue weighted by molar-refractivity contribution is -0.139. The molecule has 164 valence electrons. The molecular weight excluding hydrogens is 493 g/mol. The molecule has 9 heteroatoms. The summed E-state index contributed by atoms with van der Waals surface area (Å²) in [5, 5.41) is 0. The molecule has 2 aromatic rings. The first-order valence-corrected chi connectivity index (χ1v) is 11.1. The lowest BCUT2D eigenvalue weighted by Gasteiger charge is -2.33. The first-order chi connectivity index (χ1) is 14.6. The van der Waals surface area contributed by atoms with Crippen molar-refractivity contribution in [2.75, 3.05) is 26.2 Å². The highest BCUT2D eigenvalue weighted by molar-refractivity contribution is 9.10. The summed E-state index contributed by atoms with van der Waals surface area (Å²) in [7, 11) is 0. The molecule has 0 unspecified atom stereocenters. The predicted molar refractivity (Wildman–Crippen MR) is 118 cm³/mol. The van der Waals surface area contributed by atoms with Crippen molar-refractivity contribution in [3.05, 3.63) is 64.1 Å². The van der Waals surface area contributed by atoms with Crippen LogP contribution in [0.3, 0.4) is 0 Å². The van der Waals surface area contributed by atoms with E-state index in [1.54, 1.807) is 40.1 Å². The molecule has 1 saturated heterocycles. The molecule has 31 heavy (non-hydrogen) atoms. The average Bonchev–Trinajstić information content (AvgIpc) is 2.73. The van der Waals surface area contributed by atoms with Gasteiger partial charge in [0.1, 0.15) is 0 Å². The molecule has 0 aliphatic carbocycles. The van der Waals surface area contributed by atoms with Crippen LogP contribution in [0.5, 0.6) is 0 Å². The van der Waals surface area contributed by atoms with E-state index in [0.717, 1.165) is 17.8 Å². The zero-order valence-electron chi connectivity index (χ0n) is 16.7. The number of hydrogen-bond acceptors (Lipinski definition) is 3. The Kier molecular flexibility index (Phi) is 7.48. The Morgan fingerprint density at radius 2 is 1.65 bits per heavy atom. The number of carbonyl (C=O) groups is 2. The van der Waals surface area contributed by atoms with Crippen LogP contribution in [0.2, 0.25) is 0 Å². The second-order valence-corrected chi connectivity index (χ2v) is 8.89. The van der Waals surface area contributed by atoms with Crippen LogP contribution in [0.15, 0.2) is 62.8 Å². The van der Waals surface area contributed by atoms with Gasteiger partial charge in [0.2, 0.25) is 11.8 Å². The van der Waals surface area contributed by atoms with Gasteiger partial charge in [-0.3, -0.25) is 9.59 Å². The van der Waals surface area contributed by atoms with Crippen LogP contribution in [0.4, 0.5) is 13.2 Å². The van der Waals surface area contributed by atoms with Crippen LogP contribution in [0.1, 0.15) is 18.1 Å². The number of benzene rings is 2. The normalized spacial score (nSPS) is 14.9. The molecule has 0 radical (unpaired) electrons. The number of nitrogens with zero attached hydrogens (tertiary/aromatic N) is 2. The largest absolute Gasteiger partial charge is 0.417 e. The number of hydrogen-bond donors (Lipinski definition) is 0. The third kappa shape index (κ3) is 6.13. The Labute approximate surface area is 191 Å². The van der Waals surface area contributed by atoms with Crippen LogP contribution in [-0.2, 0) is 15.8 Å². The van der Waals surface area contributed by atoms with E-state index < -0.39 is 11.7 Å². The fourth-order valence-corrected chi connectivity index (χ4v) is 4.62. The van der Waals surface area contributed by atoms with Gasteiger partial charge in [0.05, 0.1) is 5.56 Å². The molecule has 1 fully saturated rings. The highest BCUT2D eigenvalue weighted by Gasteiger charge is 2.34. The fourth-order valence-electron chi connectivity index (χ4n) is 3.12. The lowest BCUT2D eigenvalue weighted by atomic mass is 10.1. The quantitative estimate of drug-likeness (QED) is 0.520. The summed E-state index contributed by atoms with van der Waals surface area (Å²) in [6, 6.07) is 11.1. The molecule has 0 N–H and O–H groups in total. The number of carbonyl (C=O) groups excluding carboxylic acids is 2. The monoisotopic (exact) mass is 512 g/mol. The van der Waals surface area contributed by atoms with Crippen molar-refractivity contribution in [1.82, 2.24) is 9.80 Å². The fraction of sp³-hybridized carbons (Fsp3) is 0.273. The zero-order chi connectivity index (χ0) is 22.6. The molecule has 0 saturated carbocycles. The van der Waals surface area contributed by atoms with Crippen molar-refractivity contribution in [2.24, 2.45) is 0 Å². The molecule has 0 atom stereocenters. The van der Waals surface area contributed by atoms with Crippen molar-refractivity contribution >= 4 is 45.6 Å². The van der Waals surface area contributed by atoms with Gasteiger partial charge >= 0.3 is 6.18 Å². The third-order valence-electron chi connectivity index (χ3n) is 4.82. The SMILES string of the molecule is CC(=O)N1CCN(C(=O)C=Cc2ccc(Sc3ccccc3Br)c(C(F)(F)F)c2)CC1. The summed E-state index contributed by atoms with van der Waals surface area (Å²) < 4.78 is 41.7. The highest BCUT2D eigenvalue weighted by atomic mass is 79.9. The van der Waals surface area contributed by atoms with Gasteiger partial charge in [-0.25, -0.2) is 0 Å². The topological polar surface area (TPSA) is 40.6 Å². The van der Waals surface area contributed by atoms with Crippen molar-refractivity contribution in [3.63, 3.8) is 0 Å². The molecule has 4 nitrogen and oxygen atoms in total. The van der Waals surface area contributed by atoms with Crippen LogP contribution in [0, 0.1) is 0 Å². The van der Waals surface area contributed by atoms with Gasteiger partial charge < -0.3 is 9.80 Å². The summed E-state index contributed by atoms with van der Waals surface area (Å²) in [6.07, 6.45) is -1.86. The Balaban J connectivity index is 1.76. The molecule has 2 aromatic carbocycles. The van der Waals surface area contributed by atoms with Crippen LogP contribution >= 0.6 is 27.7 Å². The minimum absolute atomic E-state index is 0.0391. The van der Waals surface area contributed by atoms with Crippen LogP contribution in [-0.4, -0.2) is 47.8 Å². The van der Waals surface area contributed by atoms with E-state index in [1.807, 2.05) is 0 Å². The third-order valence-corrected chi connectivity index (χ3v) is 6.93. The number of alkyl halides is 3. The molecular formula is C22H20BrF3N2O2S. The number of halogens is 4. The van der Waals surface area contributed by atoms with E-state index in [9.17, 15) is 22.8 Å². The van der Waals surface area contributed by atoms with Crippen molar-refractivity contribution in [3.8, 4) is 0 Å². The average molecular weight is 513 g/mol. The summed E-state index contributed by atoms with van der Waals surface area (Å²) in [4.78, 5) is 27.8. The summed E-state index contributed by atoms with van der Waals surface area (Å²) >= 11 is 4.38. The Bertz CT molecular complexity index is 1000. The highest BCUT2D eigenvalue weighted by Crippen LogP contribution is 2.42. The van der Waals surface area contributed by atoms with E-state index in [4.69, 9.17) is 0 Å². The summed E-state index contributed by atoms with van der Waals surface area (Å²) in [6.45, 7) is 3.19. The number of amides is 2.